The van der Waals surface area contributed by atoms with E-state index in [-0.39, 0.29) is 6.04 Å². The van der Waals surface area contributed by atoms with Gasteiger partial charge in [0.15, 0.2) is 5.96 Å². The molecule has 0 spiro atoms. The highest BCUT2D eigenvalue weighted by Crippen LogP contribution is 2.18. The molecule has 2 aromatic carbocycles. The zero-order valence-electron chi connectivity index (χ0n) is 16.6. The van der Waals surface area contributed by atoms with Crippen molar-refractivity contribution in [3.05, 3.63) is 78.2 Å². The van der Waals surface area contributed by atoms with Crippen molar-refractivity contribution in [3.63, 3.8) is 0 Å². The van der Waals surface area contributed by atoms with Crippen molar-refractivity contribution in [2.75, 3.05) is 27.7 Å². The Morgan fingerprint density at radius 1 is 1.04 bits per heavy atom. The van der Waals surface area contributed by atoms with Crippen LogP contribution in [-0.4, -0.2) is 43.5 Å². The van der Waals surface area contributed by atoms with Gasteiger partial charge in [0.1, 0.15) is 6.26 Å². The number of likely N-dealkylation sites (N-methyl/N-ethyl adjacent to an activating group) is 1. The molecular formula is C22H27N5O. The predicted octanol–water partition coefficient (Wildman–Crippen LogP) is 3.31. The molecule has 0 aliphatic carbocycles. The predicted molar refractivity (Wildman–Crippen MR) is 113 cm³/mol. The topological polar surface area (TPSA) is 65.7 Å². The van der Waals surface area contributed by atoms with Gasteiger partial charge in [0.2, 0.25) is 5.89 Å². The molecule has 1 aromatic heterocycles. The largest absolute Gasteiger partial charge is 0.444 e. The summed E-state index contributed by atoms with van der Waals surface area (Å²) in [5, 5.41) is 6.69. The molecule has 3 rings (SSSR count). The smallest absolute Gasteiger partial charge is 0.226 e. The van der Waals surface area contributed by atoms with E-state index in [0.717, 1.165) is 23.8 Å². The normalized spacial score (nSPS) is 12.8. The summed E-state index contributed by atoms with van der Waals surface area (Å²) < 4.78 is 5.59. The highest BCUT2D eigenvalue weighted by Gasteiger charge is 2.14. The maximum absolute atomic E-state index is 5.59. The summed E-state index contributed by atoms with van der Waals surface area (Å²) in [5.74, 6) is 1.35. The molecule has 6 heteroatoms. The van der Waals surface area contributed by atoms with Crippen molar-refractivity contribution in [1.82, 2.24) is 20.5 Å². The molecule has 3 aromatic rings. The lowest BCUT2D eigenvalue weighted by Gasteiger charge is -2.26. The number of rotatable bonds is 7. The molecule has 6 nitrogen and oxygen atoms in total. The molecule has 1 heterocycles. The standard InChI is InChI=1S/C22H27N5O/c1-23-22(25-15-20(27(2)3)17-10-6-4-7-11-17)24-14-19-16-28-21(26-19)18-12-8-5-9-13-18/h4-13,16,20H,14-15H2,1-3H3,(H2,23,24,25). The van der Waals surface area contributed by atoms with Crippen molar-refractivity contribution in [2.45, 2.75) is 12.6 Å². The first kappa shape index (κ1) is 19.6. The fourth-order valence-electron chi connectivity index (χ4n) is 2.96. The van der Waals surface area contributed by atoms with E-state index in [9.17, 15) is 0 Å². The summed E-state index contributed by atoms with van der Waals surface area (Å²) in [6, 6.07) is 20.6. The van der Waals surface area contributed by atoms with Gasteiger partial charge in [0.05, 0.1) is 18.3 Å². The molecule has 0 saturated heterocycles. The van der Waals surface area contributed by atoms with Crippen LogP contribution < -0.4 is 10.6 Å². The molecule has 1 unspecified atom stereocenters. The van der Waals surface area contributed by atoms with Crippen LogP contribution in [0.4, 0.5) is 0 Å². The number of nitrogens with one attached hydrogen (secondary N) is 2. The van der Waals surface area contributed by atoms with Gasteiger partial charge in [0.25, 0.3) is 0 Å². The fourth-order valence-corrected chi connectivity index (χ4v) is 2.96. The summed E-state index contributed by atoms with van der Waals surface area (Å²) in [7, 11) is 5.92. The molecule has 1 atom stereocenters. The lowest BCUT2D eigenvalue weighted by Crippen LogP contribution is -2.41. The maximum Gasteiger partial charge on any atom is 0.226 e. The summed E-state index contributed by atoms with van der Waals surface area (Å²) >= 11 is 0. The number of aliphatic imine (C=N–C) groups is 1. The van der Waals surface area contributed by atoms with E-state index in [1.54, 1.807) is 13.3 Å². The van der Waals surface area contributed by atoms with Crippen molar-refractivity contribution in [3.8, 4) is 11.5 Å². The van der Waals surface area contributed by atoms with Gasteiger partial charge in [-0.3, -0.25) is 4.99 Å². The van der Waals surface area contributed by atoms with Crippen molar-refractivity contribution < 1.29 is 4.42 Å². The third-order valence-corrected chi connectivity index (χ3v) is 4.50. The molecule has 0 radical (unpaired) electrons. The van der Waals surface area contributed by atoms with Crippen LogP contribution in [0.5, 0.6) is 0 Å². The second-order valence-corrected chi connectivity index (χ2v) is 6.71. The molecule has 28 heavy (non-hydrogen) atoms. The maximum atomic E-state index is 5.59. The zero-order valence-corrected chi connectivity index (χ0v) is 16.6. The summed E-state index contributed by atoms with van der Waals surface area (Å²) in [5.41, 5.74) is 3.06. The lowest BCUT2D eigenvalue weighted by atomic mass is 10.1. The van der Waals surface area contributed by atoms with Gasteiger partial charge in [-0.2, -0.15) is 0 Å². The first-order valence-electron chi connectivity index (χ1n) is 9.33. The Morgan fingerprint density at radius 2 is 1.71 bits per heavy atom. The molecule has 2 N–H and O–H groups in total. The Balaban J connectivity index is 1.56. The Bertz CT molecular complexity index is 874. The van der Waals surface area contributed by atoms with Gasteiger partial charge in [-0.25, -0.2) is 4.98 Å². The Kier molecular flexibility index (Phi) is 6.81. The van der Waals surface area contributed by atoms with Gasteiger partial charge < -0.3 is 20.0 Å². The molecular weight excluding hydrogens is 350 g/mol. The van der Waals surface area contributed by atoms with E-state index in [1.165, 1.54) is 5.56 Å². The van der Waals surface area contributed by atoms with E-state index in [1.807, 2.05) is 36.4 Å². The van der Waals surface area contributed by atoms with Gasteiger partial charge in [0, 0.05) is 19.2 Å². The number of nitrogens with zero attached hydrogens (tertiary/aromatic N) is 3. The van der Waals surface area contributed by atoms with Gasteiger partial charge in [-0.1, -0.05) is 48.5 Å². The zero-order chi connectivity index (χ0) is 19.8. The second kappa shape index (κ2) is 9.71. The third-order valence-electron chi connectivity index (χ3n) is 4.50. The van der Waals surface area contributed by atoms with Crippen molar-refractivity contribution in [2.24, 2.45) is 4.99 Å². The second-order valence-electron chi connectivity index (χ2n) is 6.71. The van der Waals surface area contributed by atoms with Crippen molar-refractivity contribution in [1.29, 1.82) is 0 Å². The molecule has 0 aliphatic heterocycles. The molecule has 146 valence electrons. The Morgan fingerprint density at radius 3 is 2.36 bits per heavy atom. The van der Waals surface area contributed by atoms with Gasteiger partial charge in [-0.05, 0) is 31.8 Å². The molecule has 0 amide bonds. The van der Waals surface area contributed by atoms with Crippen LogP contribution in [0.15, 0.2) is 76.3 Å². The molecule has 0 aliphatic rings. The van der Waals surface area contributed by atoms with Gasteiger partial charge >= 0.3 is 0 Å². The van der Waals surface area contributed by atoms with E-state index >= 15 is 0 Å². The molecule has 0 bridgehead atoms. The van der Waals surface area contributed by atoms with Crippen LogP contribution in [0.25, 0.3) is 11.5 Å². The van der Waals surface area contributed by atoms with Crippen LogP contribution in [0.3, 0.4) is 0 Å². The Labute approximate surface area is 166 Å². The number of oxazole rings is 1. The lowest BCUT2D eigenvalue weighted by molar-refractivity contribution is 0.298. The Hall–Kier alpha value is -3.12. The number of hydrogen-bond acceptors (Lipinski definition) is 4. The number of aromatic nitrogens is 1. The van der Waals surface area contributed by atoms with Crippen LogP contribution in [0.2, 0.25) is 0 Å². The number of guanidine groups is 1. The fraction of sp³-hybridized carbons (Fsp3) is 0.273. The highest BCUT2D eigenvalue weighted by molar-refractivity contribution is 5.79. The van der Waals surface area contributed by atoms with Gasteiger partial charge in [-0.15, -0.1) is 0 Å². The van der Waals surface area contributed by atoms with E-state index in [2.05, 4.69) is 63.9 Å². The number of hydrogen-bond donors (Lipinski definition) is 2. The summed E-state index contributed by atoms with van der Waals surface area (Å²) in [6.07, 6.45) is 1.68. The average molecular weight is 377 g/mol. The minimum Gasteiger partial charge on any atom is -0.444 e. The first-order valence-corrected chi connectivity index (χ1v) is 9.33. The average Bonchev–Trinajstić information content (AvgIpc) is 3.21. The van der Waals surface area contributed by atoms with Crippen LogP contribution in [-0.2, 0) is 6.54 Å². The summed E-state index contributed by atoms with van der Waals surface area (Å²) in [6.45, 7) is 1.28. The molecule has 0 saturated carbocycles. The minimum atomic E-state index is 0.247. The van der Waals surface area contributed by atoms with Crippen LogP contribution in [0.1, 0.15) is 17.3 Å². The SMILES string of the molecule is CN=C(NCc1coc(-c2ccccc2)n1)NCC(c1ccccc1)N(C)C. The summed E-state index contributed by atoms with van der Waals surface area (Å²) in [4.78, 5) is 11.0. The first-order chi connectivity index (χ1) is 13.7. The highest BCUT2D eigenvalue weighted by atomic mass is 16.3. The van der Waals surface area contributed by atoms with E-state index in [4.69, 9.17) is 4.42 Å². The van der Waals surface area contributed by atoms with Crippen molar-refractivity contribution >= 4 is 5.96 Å². The minimum absolute atomic E-state index is 0.247. The van der Waals surface area contributed by atoms with Crippen LogP contribution >= 0.6 is 0 Å². The quantitative estimate of drug-likeness (QED) is 0.488. The molecule has 0 fully saturated rings. The van der Waals surface area contributed by atoms with E-state index in [0.29, 0.717) is 12.4 Å². The monoisotopic (exact) mass is 377 g/mol. The van der Waals surface area contributed by atoms with Crippen LogP contribution in [0, 0.1) is 0 Å². The third kappa shape index (κ3) is 5.20. The number of benzene rings is 2. The van der Waals surface area contributed by atoms with E-state index < -0.39 is 0 Å².